The number of aromatic nitrogens is 1. The van der Waals surface area contributed by atoms with E-state index in [4.69, 9.17) is 4.42 Å². The number of pyridine rings is 1. The Morgan fingerprint density at radius 1 is 1.13 bits per heavy atom. The van der Waals surface area contributed by atoms with Crippen LogP contribution in [-0.4, -0.2) is 10.9 Å². The fourth-order valence-electron chi connectivity index (χ4n) is 3.32. The van der Waals surface area contributed by atoms with Gasteiger partial charge in [-0.15, -0.1) is 11.3 Å². The van der Waals surface area contributed by atoms with E-state index in [1.165, 1.54) is 23.7 Å². The molecule has 0 spiro atoms. The van der Waals surface area contributed by atoms with Crippen molar-refractivity contribution >= 4 is 28.1 Å². The second kappa shape index (κ2) is 9.14. The fraction of sp³-hybridized carbons (Fsp3) is 0.167. The van der Waals surface area contributed by atoms with E-state index in [2.05, 4.69) is 15.6 Å². The van der Waals surface area contributed by atoms with Crippen LogP contribution in [-0.2, 0) is 6.42 Å². The van der Waals surface area contributed by atoms with Gasteiger partial charge in [-0.25, -0.2) is 9.37 Å². The Labute approximate surface area is 184 Å². The number of hydrogen-bond acceptors (Lipinski definition) is 5. The summed E-state index contributed by atoms with van der Waals surface area (Å²) in [5.41, 5.74) is 2.10. The van der Waals surface area contributed by atoms with Crippen LogP contribution in [0, 0.1) is 12.7 Å². The van der Waals surface area contributed by atoms with Gasteiger partial charge in [0.15, 0.2) is 5.76 Å². The van der Waals surface area contributed by atoms with E-state index in [1.807, 2.05) is 38.1 Å². The van der Waals surface area contributed by atoms with Crippen molar-refractivity contribution in [3.8, 4) is 0 Å². The summed E-state index contributed by atoms with van der Waals surface area (Å²) >= 11 is 1.47. The number of carbonyl (C=O) groups is 1. The molecule has 0 saturated carbocycles. The average molecular weight is 436 g/mol. The molecule has 31 heavy (non-hydrogen) atoms. The number of anilines is 2. The van der Waals surface area contributed by atoms with Gasteiger partial charge in [-0.05, 0) is 49.7 Å². The molecule has 0 aliphatic rings. The number of aryl methyl sites for hydroxylation is 2. The number of nitrogens with one attached hydrogen (secondary N) is 2. The Balaban J connectivity index is 1.78. The van der Waals surface area contributed by atoms with Crippen molar-refractivity contribution in [2.24, 2.45) is 0 Å². The highest BCUT2D eigenvalue weighted by molar-refractivity contribution is 7.16. The molecule has 4 rings (SSSR count). The lowest BCUT2D eigenvalue weighted by molar-refractivity contribution is 0.0997. The highest BCUT2D eigenvalue weighted by atomic mass is 32.1. The van der Waals surface area contributed by atoms with Gasteiger partial charge in [0.1, 0.15) is 16.6 Å². The molecule has 1 amide bonds. The zero-order chi connectivity index (χ0) is 21.8. The molecule has 3 aromatic heterocycles. The largest absolute Gasteiger partial charge is 0.459 e. The predicted octanol–water partition coefficient (Wildman–Crippen LogP) is 6.20. The molecule has 0 bridgehead atoms. The number of furan rings is 1. The number of rotatable bonds is 7. The summed E-state index contributed by atoms with van der Waals surface area (Å²) in [5, 5.41) is 6.94. The minimum atomic E-state index is -0.543. The molecule has 5 nitrogen and oxygen atoms in total. The number of carbonyl (C=O) groups excluding carboxylic acids is 1. The fourth-order valence-corrected chi connectivity index (χ4v) is 4.35. The van der Waals surface area contributed by atoms with Crippen molar-refractivity contribution in [2.45, 2.75) is 26.3 Å². The molecule has 0 aliphatic carbocycles. The third kappa shape index (κ3) is 4.67. The van der Waals surface area contributed by atoms with Crippen LogP contribution in [0.1, 0.15) is 45.2 Å². The van der Waals surface area contributed by atoms with Gasteiger partial charge in [-0.3, -0.25) is 4.79 Å². The standard InChI is InChI=1S/C24H22FN3O2S/c1-3-16-14-18(24(31-16)28-23(29)20-11-7-13-30-20)22(17-9-4-5-10-19(17)25)27-21-12-6-8-15(2)26-21/h4-14,22H,3H2,1-2H3,(H,26,27)(H,28,29)/t22-/m1/s1. The van der Waals surface area contributed by atoms with Gasteiger partial charge in [0.05, 0.1) is 12.3 Å². The van der Waals surface area contributed by atoms with Crippen LogP contribution < -0.4 is 10.6 Å². The molecule has 7 heteroatoms. The Morgan fingerprint density at radius 3 is 2.68 bits per heavy atom. The summed E-state index contributed by atoms with van der Waals surface area (Å²) in [4.78, 5) is 18.2. The molecule has 1 aromatic carbocycles. The Morgan fingerprint density at radius 2 is 1.97 bits per heavy atom. The van der Waals surface area contributed by atoms with E-state index < -0.39 is 6.04 Å². The maximum absolute atomic E-state index is 14.9. The van der Waals surface area contributed by atoms with Crippen LogP contribution in [0.5, 0.6) is 0 Å². The SMILES string of the molecule is CCc1cc([C@H](Nc2cccc(C)n2)c2ccccc2F)c(NC(=O)c2ccco2)s1. The van der Waals surface area contributed by atoms with Gasteiger partial charge < -0.3 is 15.1 Å². The van der Waals surface area contributed by atoms with Crippen LogP contribution in [0.25, 0.3) is 0 Å². The van der Waals surface area contributed by atoms with Gasteiger partial charge in [-0.1, -0.05) is 31.2 Å². The Hall–Kier alpha value is -3.45. The molecule has 3 heterocycles. The van der Waals surface area contributed by atoms with Crippen molar-refractivity contribution < 1.29 is 13.6 Å². The first kappa shape index (κ1) is 20.8. The number of benzene rings is 1. The van der Waals surface area contributed by atoms with Gasteiger partial charge in [0, 0.05) is 21.7 Å². The molecular formula is C24H22FN3O2S. The first-order chi connectivity index (χ1) is 15.0. The van der Waals surface area contributed by atoms with Crippen LogP contribution >= 0.6 is 11.3 Å². The molecule has 0 unspecified atom stereocenters. The monoisotopic (exact) mass is 435 g/mol. The van der Waals surface area contributed by atoms with E-state index in [-0.39, 0.29) is 17.5 Å². The molecule has 0 radical (unpaired) electrons. The quantitative estimate of drug-likeness (QED) is 0.363. The summed E-state index contributed by atoms with van der Waals surface area (Å²) < 4.78 is 20.1. The second-order valence-corrected chi connectivity index (χ2v) is 8.18. The smallest absolute Gasteiger partial charge is 0.291 e. The lowest BCUT2D eigenvalue weighted by Gasteiger charge is -2.21. The van der Waals surface area contributed by atoms with E-state index in [0.717, 1.165) is 22.6 Å². The van der Waals surface area contributed by atoms with Crippen LogP contribution in [0.4, 0.5) is 15.2 Å². The molecule has 2 N–H and O–H groups in total. The van der Waals surface area contributed by atoms with Crippen molar-refractivity contribution in [2.75, 3.05) is 10.6 Å². The lowest BCUT2D eigenvalue weighted by Crippen LogP contribution is -2.18. The lowest BCUT2D eigenvalue weighted by atomic mass is 9.99. The number of halogens is 1. The topological polar surface area (TPSA) is 67.2 Å². The van der Waals surface area contributed by atoms with E-state index in [1.54, 1.807) is 30.3 Å². The molecule has 158 valence electrons. The van der Waals surface area contributed by atoms with Gasteiger partial charge in [0.25, 0.3) is 5.91 Å². The van der Waals surface area contributed by atoms with Crippen molar-refractivity contribution in [3.63, 3.8) is 0 Å². The summed E-state index contributed by atoms with van der Waals surface area (Å²) in [5.74, 6) is 0.158. The highest BCUT2D eigenvalue weighted by Crippen LogP contribution is 2.38. The molecule has 4 aromatic rings. The molecule has 0 fully saturated rings. The Kier molecular flexibility index (Phi) is 6.13. The number of amides is 1. The third-order valence-electron chi connectivity index (χ3n) is 4.84. The van der Waals surface area contributed by atoms with Gasteiger partial charge in [-0.2, -0.15) is 0 Å². The number of thiophene rings is 1. The first-order valence-electron chi connectivity index (χ1n) is 9.97. The Bertz CT molecular complexity index is 1190. The maximum atomic E-state index is 14.9. The van der Waals surface area contributed by atoms with Gasteiger partial charge in [0.2, 0.25) is 0 Å². The maximum Gasteiger partial charge on any atom is 0.291 e. The number of hydrogen-bond donors (Lipinski definition) is 2. The molecule has 0 aliphatic heterocycles. The summed E-state index contributed by atoms with van der Waals surface area (Å²) in [7, 11) is 0. The summed E-state index contributed by atoms with van der Waals surface area (Å²) in [6, 6.07) is 17.0. The van der Waals surface area contributed by atoms with Gasteiger partial charge >= 0.3 is 0 Å². The minimum absolute atomic E-state index is 0.216. The average Bonchev–Trinajstić information content (AvgIpc) is 3.43. The van der Waals surface area contributed by atoms with Crippen molar-refractivity contribution in [3.05, 3.63) is 100 Å². The minimum Gasteiger partial charge on any atom is -0.459 e. The highest BCUT2D eigenvalue weighted by Gasteiger charge is 2.25. The molecule has 0 saturated heterocycles. The second-order valence-electron chi connectivity index (χ2n) is 7.05. The van der Waals surface area contributed by atoms with E-state index in [0.29, 0.717) is 16.4 Å². The van der Waals surface area contributed by atoms with Crippen molar-refractivity contribution in [1.29, 1.82) is 0 Å². The molecular weight excluding hydrogens is 413 g/mol. The van der Waals surface area contributed by atoms with Crippen molar-refractivity contribution in [1.82, 2.24) is 4.98 Å². The zero-order valence-corrected chi connectivity index (χ0v) is 18.0. The zero-order valence-electron chi connectivity index (χ0n) is 17.2. The van der Waals surface area contributed by atoms with E-state index >= 15 is 0 Å². The van der Waals surface area contributed by atoms with Crippen LogP contribution in [0.3, 0.4) is 0 Å². The summed E-state index contributed by atoms with van der Waals surface area (Å²) in [6.07, 6.45) is 2.25. The number of nitrogens with zero attached hydrogens (tertiary/aromatic N) is 1. The van der Waals surface area contributed by atoms with E-state index in [9.17, 15) is 9.18 Å². The first-order valence-corrected chi connectivity index (χ1v) is 10.8. The normalized spacial score (nSPS) is 11.8. The van der Waals surface area contributed by atoms with Crippen LogP contribution in [0.2, 0.25) is 0 Å². The molecule has 1 atom stereocenters. The van der Waals surface area contributed by atoms with Crippen LogP contribution in [0.15, 0.2) is 71.3 Å². The third-order valence-corrected chi connectivity index (χ3v) is 6.05. The predicted molar refractivity (Wildman–Crippen MR) is 121 cm³/mol. The summed E-state index contributed by atoms with van der Waals surface area (Å²) in [6.45, 7) is 3.94.